The first kappa shape index (κ1) is 57.2. The maximum atomic E-state index is 13.1. The molecule has 0 aliphatic carbocycles. The number of carbonyl (C=O) groups excluding carboxylic acids is 2. The maximum absolute atomic E-state index is 13.1. The molecule has 8 N–H and O–H groups in total. The van der Waals surface area contributed by atoms with Crippen molar-refractivity contribution in [2.75, 3.05) is 25.6 Å². The van der Waals surface area contributed by atoms with Gasteiger partial charge in [0.2, 0.25) is 0 Å². The van der Waals surface area contributed by atoms with E-state index in [0.29, 0.717) is 6.42 Å². The molecule has 0 aromatic rings. The summed E-state index contributed by atoms with van der Waals surface area (Å²) in [6, 6.07) is -2.86. The van der Waals surface area contributed by atoms with Gasteiger partial charge in [0, 0.05) is 23.8 Å². The van der Waals surface area contributed by atoms with Crippen LogP contribution in [0.5, 0.6) is 0 Å². The number of nitrogens with two attached hydrogens (primary N) is 2. The van der Waals surface area contributed by atoms with Gasteiger partial charge in [-0.15, -0.1) is 11.8 Å². The van der Waals surface area contributed by atoms with E-state index >= 15 is 0 Å². The third kappa shape index (κ3) is 34.8. The number of allylic oxidation sites excluding steroid dienone is 7. The summed E-state index contributed by atoms with van der Waals surface area (Å²) in [5, 5.41) is 28.3. The van der Waals surface area contributed by atoms with Crippen molar-refractivity contribution in [3.63, 3.8) is 0 Å². The quantitative estimate of drug-likeness (QED) is 0.0112. The predicted molar refractivity (Wildman–Crippen MR) is 236 cm³/mol. The molecule has 15 nitrogen and oxygen atoms in total. The Labute approximate surface area is 362 Å². The lowest BCUT2D eigenvalue weighted by Gasteiger charge is -2.23. The average Bonchev–Trinajstić information content (AvgIpc) is 3.21. The zero-order valence-electron chi connectivity index (χ0n) is 35.9. The SMILES string of the molecule is CCCCC/C=C\C\C=C/C=C/C=C/[C@@H](SC[C@H](N)C(=O)O[C@H](COC(=O)CCCCCCCCCCCCC)COP(=O)(O)OC[C@H](N)C(=O)O)[C@@H](O)CCCC(=O)O. The summed E-state index contributed by atoms with van der Waals surface area (Å²) in [4.78, 5) is 57.8. The number of carbonyl (C=O) groups is 4. The van der Waals surface area contributed by atoms with Crippen LogP contribution in [-0.2, 0) is 42.3 Å². The number of hydrogen-bond acceptors (Lipinski definition) is 13. The zero-order chi connectivity index (χ0) is 44.9. The van der Waals surface area contributed by atoms with Gasteiger partial charge < -0.3 is 41.2 Å². The standard InChI is InChI=1S/C43H75N2O13PS/c1-3-5-7-9-11-13-15-17-18-20-22-24-28-39(38(46)27-26-29-40(47)48)60-34-37(45)43(52)58-35(32-56-59(53,54)57-33-36(44)42(50)51)31-55-41(49)30-25-23-21-19-16-14-12-10-8-6-4-2/h11,13,17-18,20,22,24,28,35-39,46H,3-10,12,14-16,19,21,23,25-27,29-34,44-45H2,1-2H3,(H,47,48)(H,50,51)(H,53,54)/b13-11-,18-17-,22-20+,28-24+/t35-,36+,37+,38+,39-/m1/s1. The van der Waals surface area contributed by atoms with Crippen LogP contribution in [0.1, 0.15) is 142 Å². The first-order valence-corrected chi connectivity index (χ1v) is 24.1. The summed E-state index contributed by atoms with van der Waals surface area (Å²) in [6.07, 6.45) is 31.0. The molecule has 0 rings (SSSR count). The van der Waals surface area contributed by atoms with E-state index in [4.69, 9.17) is 35.7 Å². The second-order valence-electron chi connectivity index (χ2n) is 14.7. The third-order valence-electron chi connectivity index (χ3n) is 9.08. The van der Waals surface area contributed by atoms with Crippen LogP contribution in [0.25, 0.3) is 0 Å². The smallest absolute Gasteiger partial charge is 0.472 e. The monoisotopic (exact) mass is 890 g/mol. The van der Waals surface area contributed by atoms with Crippen LogP contribution in [0.2, 0.25) is 0 Å². The number of carboxylic acid groups (broad SMARTS) is 2. The fraction of sp³-hybridized carbons (Fsp3) is 0.721. The molecule has 0 fully saturated rings. The van der Waals surface area contributed by atoms with Crippen molar-refractivity contribution in [2.24, 2.45) is 11.5 Å². The summed E-state index contributed by atoms with van der Waals surface area (Å²) >= 11 is 1.15. The molecule has 0 saturated heterocycles. The Bertz CT molecular complexity index is 1330. The molecule has 0 aliphatic heterocycles. The van der Waals surface area contributed by atoms with E-state index in [1.165, 1.54) is 57.8 Å². The summed E-state index contributed by atoms with van der Waals surface area (Å²) in [6.45, 7) is 2.23. The van der Waals surface area contributed by atoms with Gasteiger partial charge in [-0.2, -0.15) is 0 Å². The van der Waals surface area contributed by atoms with Crippen LogP contribution < -0.4 is 11.5 Å². The van der Waals surface area contributed by atoms with Crippen molar-refractivity contribution in [3.05, 3.63) is 48.6 Å². The normalized spacial score (nSPS) is 15.6. The first-order valence-electron chi connectivity index (χ1n) is 21.6. The van der Waals surface area contributed by atoms with Crippen molar-refractivity contribution >= 4 is 43.5 Å². The minimum Gasteiger partial charge on any atom is -0.481 e. The minimum absolute atomic E-state index is 0.0427. The van der Waals surface area contributed by atoms with Gasteiger partial charge in [0.25, 0.3) is 0 Å². The Morgan fingerprint density at radius 1 is 0.700 bits per heavy atom. The van der Waals surface area contributed by atoms with Gasteiger partial charge in [-0.05, 0) is 38.5 Å². The van der Waals surface area contributed by atoms with E-state index < -0.39 is 81.1 Å². The molecule has 1 unspecified atom stereocenters. The fourth-order valence-electron chi connectivity index (χ4n) is 5.49. The van der Waals surface area contributed by atoms with E-state index in [2.05, 4.69) is 30.5 Å². The molecule has 60 heavy (non-hydrogen) atoms. The van der Waals surface area contributed by atoms with Crippen LogP contribution in [0, 0.1) is 0 Å². The molecular formula is C43H75N2O13PS. The Morgan fingerprint density at radius 3 is 1.93 bits per heavy atom. The Balaban J connectivity index is 5.37. The Kier molecular flexibility index (Phi) is 36.1. The van der Waals surface area contributed by atoms with E-state index in [1.54, 1.807) is 18.2 Å². The number of aliphatic hydroxyl groups is 1. The number of phosphoric acid groups is 1. The van der Waals surface area contributed by atoms with E-state index in [9.17, 15) is 33.7 Å². The average molecular weight is 891 g/mol. The molecular weight excluding hydrogens is 816 g/mol. The summed E-state index contributed by atoms with van der Waals surface area (Å²) < 4.78 is 32.8. The molecule has 0 heterocycles. The number of phosphoric ester groups is 1. The highest BCUT2D eigenvalue weighted by atomic mass is 32.2. The van der Waals surface area contributed by atoms with Crippen LogP contribution in [0.3, 0.4) is 0 Å². The highest BCUT2D eigenvalue weighted by Gasteiger charge is 2.30. The van der Waals surface area contributed by atoms with Crippen molar-refractivity contribution in [2.45, 2.75) is 172 Å². The molecule has 0 bridgehead atoms. The number of aliphatic carboxylic acids is 2. The molecule has 0 aliphatic rings. The van der Waals surface area contributed by atoms with E-state index in [0.717, 1.165) is 50.3 Å². The number of aliphatic hydroxyl groups excluding tert-OH is 1. The molecule has 0 amide bonds. The highest BCUT2D eigenvalue weighted by Crippen LogP contribution is 2.43. The first-order chi connectivity index (χ1) is 28.7. The topological polar surface area (TPSA) is 255 Å². The molecule has 0 saturated carbocycles. The minimum atomic E-state index is -4.87. The number of unbranched alkanes of at least 4 members (excludes halogenated alkanes) is 13. The lowest BCUT2D eigenvalue weighted by Crippen LogP contribution is -2.40. The molecule has 346 valence electrons. The number of thioether (sulfide) groups is 1. The van der Waals surface area contributed by atoms with E-state index in [1.807, 2.05) is 18.2 Å². The van der Waals surface area contributed by atoms with Crippen LogP contribution in [0.15, 0.2) is 48.6 Å². The lowest BCUT2D eigenvalue weighted by atomic mass is 10.1. The van der Waals surface area contributed by atoms with Crippen molar-refractivity contribution < 1.29 is 62.5 Å². The Morgan fingerprint density at radius 2 is 1.30 bits per heavy atom. The summed E-state index contributed by atoms with van der Waals surface area (Å²) in [7, 11) is -4.87. The lowest BCUT2D eigenvalue weighted by molar-refractivity contribution is -0.161. The highest BCUT2D eigenvalue weighted by molar-refractivity contribution is 8.00. The van der Waals surface area contributed by atoms with Gasteiger partial charge in [0.15, 0.2) is 6.10 Å². The van der Waals surface area contributed by atoms with Crippen LogP contribution in [-0.4, -0.2) is 99.2 Å². The second kappa shape index (κ2) is 37.9. The molecule has 6 atom stereocenters. The molecule has 0 aromatic heterocycles. The number of rotatable bonds is 40. The third-order valence-corrected chi connectivity index (χ3v) is 11.4. The molecule has 0 spiro atoms. The van der Waals surface area contributed by atoms with E-state index in [-0.39, 0.29) is 31.4 Å². The zero-order valence-corrected chi connectivity index (χ0v) is 37.7. The van der Waals surface area contributed by atoms with Gasteiger partial charge in [0.1, 0.15) is 18.7 Å². The van der Waals surface area contributed by atoms with Gasteiger partial charge in [0.05, 0.1) is 19.3 Å². The van der Waals surface area contributed by atoms with Gasteiger partial charge >= 0.3 is 31.7 Å². The number of esters is 2. The van der Waals surface area contributed by atoms with Crippen LogP contribution >= 0.6 is 19.6 Å². The number of hydrogen-bond donors (Lipinski definition) is 6. The van der Waals surface area contributed by atoms with Gasteiger partial charge in [-0.1, -0.05) is 140 Å². The summed E-state index contributed by atoms with van der Waals surface area (Å²) in [5.74, 6) is -4.01. The van der Waals surface area contributed by atoms with Crippen LogP contribution in [0.4, 0.5) is 0 Å². The maximum Gasteiger partial charge on any atom is 0.472 e. The fourth-order valence-corrected chi connectivity index (χ4v) is 7.39. The van der Waals surface area contributed by atoms with Crippen molar-refractivity contribution in [1.29, 1.82) is 0 Å². The largest absolute Gasteiger partial charge is 0.481 e. The second-order valence-corrected chi connectivity index (χ2v) is 17.4. The van der Waals surface area contributed by atoms with Gasteiger partial charge in [-0.3, -0.25) is 28.2 Å². The molecule has 17 heteroatoms. The summed E-state index contributed by atoms with van der Waals surface area (Å²) in [5.41, 5.74) is 11.5. The number of carboxylic acids is 2. The predicted octanol–water partition coefficient (Wildman–Crippen LogP) is 7.93. The van der Waals surface area contributed by atoms with Crippen molar-refractivity contribution in [1.82, 2.24) is 0 Å². The molecule has 0 aromatic carbocycles. The number of ether oxygens (including phenoxy) is 2. The Hall–Kier alpha value is -2.82. The van der Waals surface area contributed by atoms with Gasteiger partial charge in [-0.25, -0.2) is 4.57 Å². The van der Waals surface area contributed by atoms with Crippen molar-refractivity contribution in [3.8, 4) is 0 Å². The molecule has 0 radical (unpaired) electrons.